The fraction of sp³-hybridized carbons (Fsp3) is 0.292. The Labute approximate surface area is 672 Å². The number of nitrogens with one attached hydrogen (secondary N) is 3. The third-order valence-corrected chi connectivity index (χ3v) is 23.4. The zero-order valence-electron chi connectivity index (χ0n) is 64.9. The van der Waals surface area contributed by atoms with Crippen LogP contribution >= 0.6 is 0 Å². The highest BCUT2D eigenvalue weighted by atomic mass is 16.5. The number of morpholine rings is 3. The molecular formula is C89H96N24O3. The SMILES string of the molecule is Nc1ncccc1-c1nc2ccc(NCCN3CCOCC3)nc2n1-c1ccc(C2(N)CCC2)cc1.Nc1ncccc1-c1nc2ccc(Nc3cccc(N4CCOCC4)c3)nc2n1-c1ccc(C2(N)CCC2)cc1.Nc1ncccc1-c1nc2ccc(Nc3ccccc3N3CCOCC3)nc2n1-c1ccc(C2(N)CCC2)cc1. The van der Waals surface area contributed by atoms with E-state index in [4.69, 9.17) is 78.5 Å². The van der Waals surface area contributed by atoms with Crippen LogP contribution in [0.1, 0.15) is 74.5 Å². The molecule has 0 radical (unpaired) electrons. The molecule has 27 nitrogen and oxygen atoms in total. The number of aromatic nitrogens is 12. The van der Waals surface area contributed by atoms with Crippen LogP contribution in [0.2, 0.25) is 0 Å². The van der Waals surface area contributed by atoms with Crippen LogP contribution in [0.4, 0.5) is 57.7 Å². The van der Waals surface area contributed by atoms with Crippen molar-refractivity contribution in [3.8, 4) is 51.2 Å². The van der Waals surface area contributed by atoms with Crippen molar-refractivity contribution < 1.29 is 14.2 Å². The third kappa shape index (κ3) is 15.4. The first-order valence-electron chi connectivity index (χ1n) is 40.2. The summed E-state index contributed by atoms with van der Waals surface area (Å²) in [6, 6.07) is 65.3. The lowest BCUT2D eigenvalue weighted by molar-refractivity contribution is 0.0398. The molecule has 590 valence electrons. The van der Waals surface area contributed by atoms with Crippen molar-refractivity contribution in [2.75, 3.05) is 135 Å². The predicted octanol–water partition coefficient (Wildman–Crippen LogP) is 13.1. The van der Waals surface area contributed by atoms with Crippen LogP contribution < -0.4 is 60.2 Å². The van der Waals surface area contributed by atoms with Gasteiger partial charge in [0.1, 0.15) is 51.5 Å². The van der Waals surface area contributed by atoms with Crippen LogP contribution in [0.25, 0.3) is 84.7 Å². The van der Waals surface area contributed by atoms with Crippen LogP contribution in [0.15, 0.2) is 213 Å². The Morgan fingerprint density at radius 2 is 0.759 bits per heavy atom. The van der Waals surface area contributed by atoms with Gasteiger partial charge in [-0.3, -0.25) is 18.6 Å². The first-order valence-corrected chi connectivity index (χ1v) is 40.2. The Morgan fingerprint density at radius 3 is 1.18 bits per heavy atom. The van der Waals surface area contributed by atoms with Crippen molar-refractivity contribution in [3.63, 3.8) is 0 Å². The van der Waals surface area contributed by atoms with Crippen molar-refractivity contribution >= 4 is 91.1 Å². The summed E-state index contributed by atoms with van der Waals surface area (Å²) in [7, 11) is 0. The second-order valence-corrected chi connectivity index (χ2v) is 30.8. The quantitative estimate of drug-likeness (QED) is 0.0363. The number of pyridine rings is 6. The molecule has 6 aliphatic rings. The van der Waals surface area contributed by atoms with Gasteiger partial charge in [-0.15, -0.1) is 0 Å². The number of imidazole rings is 3. The van der Waals surface area contributed by atoms with E-state index in [1.807, 2.05) is 83.4 Å². The van der Waals surface area contributed by atoms with Crippen molar-refractivity contribution in [2.24, 2.45) is 17.2 Å². The van der Waals surface area contributed by atoms with E-state index in [1.165, 1.54) is 24.8 Å². The highest BCUT2D eigenvalue weighted by Crippen LogP contribution is 2.44. The highest BCUT2D eigenvalue weighted by Gasteiger charge is 2.37. The van der Waals surface area contributed by atoms with Crippen LogP contribution in [-0.4, -0.2) is 155 Å². The number of rotatable bonds is 19. The highest BCUT2D eigenvalue weighted by molar-refractivity contribution is 5.88. The average Bonchev–Trinajstić information content (AvgIpc) is 1.59. The van der Waals surface area contributed by atoms with Gasteiger partial charge in [-0.1, -0.05) is 54.6 Å². The molecule has 9 aromatic heterocycles. The van der Waals surface area contributed by atoms with E-state index in [-0.39, 0.29) is 16.6 Å². The Kier molecular flexibility index (Phi) is 20.9. The monoisotopic (exact) mass is 1550 g/mol. The van der Waals surface area contributed by atoms with E-state index in [2.05, 4.69) is 170 Å². The Bertz CT molecular complexity index is 5820. The minimum absolute atomic E-state index is 0.206. The van der Waals surface area contributed by atoms with Gasteiger partial charge in [-0.05, 0) is 214 Å². The fourth-order valence-corrected chi connectivity index (χ4v) is 16.3. The normalized spacial score (nSPS) is 16.9. The number of anilines is 10. The lowest BCUT2D eigenvalue weighted by Crippen LogP contribution is -2.43. The number of benzene rings is 5. The molecule has 5 aromatic carbocycles. The number of nitrogen functional groups attached to an aromatic ring is 3. The van der Waals surface area contributed by atoms with Gasteiger partial charge in [-0.2, -0.15) is 0 Å². The summed E-state index contributed by atoms with van der Waals surface area (Å²) >= 11 is 0. The first kappa shape index (κ1) is 74.9. The molecule has 12 heterocycles. The molecule has 14 aromatic rings. The number of hydrogen-bond donors (Lipinski definition) is 9. The summed E-state index contributed by atoms with van der Waals surface area (Å²) in [6.45, 7) is 11.7. The van der Waals surface area contributed by atoms with E-state index >= 15 is 0 Å². The second-order valence-electron chi connectivity index (χ2n) is 30.8. The molecule has 6 fully saturated rings. The molecule has 27 heteroatoms. The maximum atomic E-state index is 6.61. The van der Waals surface area contributed by atoms with Gasteiger partial charge in [0.2, 0.25) is 0 Å². The van der Waals surface area contributed by atoms with Gasteiger partial charge < -0.3 is 74.4 Å². The summed E-state index contributed by atoms with van der Waals surface area (Å²) < 4.78 is 22.7. The first-order chi connectivity index (χ1) is 56.8. The van der Waals surface area contributed by atoms with Gasteiger partial charge in [0.05, 0.1) is 67.7 Å². The number of fused-ring (bicyclic) bond motifs is 3. The molecule has 116 heavy (non-hydrogen) atoms. The van der Waals surface area contributed by atoms with Gasteiger partial charge in [0, 0.05) is 116 Å². The maximum Gasteiger partial charge on any atom is 0.167 e. The molecule has 3 aliphatic heterocycles. The lowest BCUT2D eigenvalue weighted by Gasteiger charge is -2.38. The van der Waals surface area contributed by atoms with Crippen molar-refractivity contribution in [1.82, 2.24) is 63.5 Å². The molecule has 0 amide bonds. The summed E-state index contributed by atoms with van der Waals surface area (Å²) in [5, 5.41) is 10.5. The summed E-state index contributed by atoms with van der Waals surface area (Å²) in [4.78, 5) is 49.9. The van der Waals surface area contributed by atoms with Crippen LogP contribution in [-0.2, 0) is 30.8 Å². The standard InChI is InChI=1S/2C31H32N8O.C27H32N8O/c32-28-25(6-2-15-34-28)29-36-26-11-12-27(35-22-4-1-5-24(20-22)38-16-18-40-19-17-38)37-30(26)39(29)23-9-7-21(8-10-23)31(33)13-3-14-31;32-28-23(5-3-16-34-28)29-36-25-12-13-27(35-24-6-1-2-7-26(24)38-17-19-40-20-18-38)37-30(25)39(29)22-10-8-21(9-11-22)31(33)14-4-15-31;28-24-21(3-1-12-31-24)25-32-22-8-9-23(30-13-14-34-15-17-36-18-16-34)33-26(22)35(25)20-6-4-19(5-7-20)27(29)10-2-11-27/h1-2,4-12,15,20H,3,13-14,16-19,33H2,(H2,32,34)(H,35,37);1-3,5-13,16H,4,14-15,17-20,33H2,(H2,32,34)(H,35,37);1,3-9,12H,2,10-11,13-18,29H2,(H2,28,31)(H,30,33). The molecular weight excluding hydrogens is 1450 g/mol. The van der Waals surface area contributed by atoms with E-state index in [1.54, 1.807) is 18.6 Å². The molecule has 20 rings (SSSR count). The van der Waals surface area contributed by atoms with Gasteiger partial charge in [0.15, 0.2) is 34.4 Å². The molecule has 3 saturated carbocycles. The molecule has 15 N–H and O–H groups in total. The van der Waals surface area contributed by atoms with Crippen LogP contribution in [0, 0.1) is 0 Å². The van der Waals surface area contributed by atoms with E-state index < -0.39 is 0 Å². The third-order valence-electron chi connectivity index (χ3n) is 23.4. The zero-order chi connectivity index (χ0) is 78.7. The summed E-state index contributed by atoms with van der Waals surface area (Å²) in [5.41, 5.74) is 55.4. The molecule has 3 aliphatic carbocycles. The van der Waals surface area contributed by atoms with Crippen LogP contribution in [0.5, 0.6) is 0 Å². The maximum absolute atomic E-state index is 6.61. The Balaban J connectivity index is 0.000000121. The van der Waals surface area contributed by atoms with Crippen molar-refractivity contribution in [1.29, 1.82) is 0 Å². The van der Waals surface area contributed by atoms with E-state index in [9.17, 15) is 0 Å². The number of para-hydroxylation sites is 2. The summed E-state index contributed by atoms with van der Waals surface area (Å²) in [5.74, 6) is 5.65. The zero-order valence-corrected chi connectivity index (χ0v) is 64.9. The minimum Gasteiger partial charge on any atom is -0.383 e. The molecule has 0 spiro atoms. The number of hydrogen-bond acceptors (Lipinski definition) is 24. The minimum atomic E-state index is -0.227. The number of ether oxygens (including phenoxy) is 3. The van der Waals surface area contributed by atoms with E-state index in [0.717, 1.165) is 249 Å². The van der Waals surface area contributed by atoms with Gasteiger partial charge in [-0.25, -0.2) is 44.9 Å². The second kappa shape index (κ2) is 32.4. The van der Waals surface area contributed by atoms with Gasteiger partial charge in [0.25, 0.3) is 0 Å². The molecule has 0 unspecified atom stereocenters. The largest absolute Gasteiger partial charge is 0.383 e. The molecule has 3 saturated heterocycles. The number of nitrogens with zero attached hydrogens (tertiary/aromatic N) is 15. The summed E-state index contributed by atoms with van der Waals surface area (Å²) in [6.07, 6.45) is 14.7. The predicted molar refractivity (Wildman–Crippen MR) is 460 cm³/mol. The Hall–Kier alpha value is -12.5. The topological polar surface area (TPSA) is 360 Å². The Morgan fingerprint density at radius 1 is 0.362 bits per heavy atom. The van der Waals surface area contributed by atoms with E-state index in [0.29, 0.717) is 34.9 Å². The smallest absolute Gasteiger partial charge is 0.167 e. The van der Waals surface area contributed by atoms with Crippen molar-refractivity contribution in [2.45, 2.75) is 74.4 Å². The van der Waals surface area contributed by atoms with Crippen molar-refractivity contribution in [3.05, 3.63) is 229 Å². The fourth-order valence-electron chi connectivity index (χ4n) is 16.3. The van der Waals surface area contributed by atoms with Gasteiger partial charge >= 0.3 is 0 Å². The number of nitrogens with two attached hydrogens (primary N) is 6. The average molecular weight is 1550 g/mol. The molecule has 0 bridgehead atoms. The molecule has 0 atom stereocenters. The van der Waals surface area contributed by atoms with Crippen LogP contribution in [0.3, 0.4) is 0 Å². The lowest BCUT2D eigenvalue weighted by atomic mass is 9.73.